The first-order valence-electron chi connectivity index (χ1n) is 15.7. The molecule has 0 aliphatic rings. The summed E-state index contributed by atoms with van der Waals surface area (Å²) in [5.74, 6) is 1.40. The molecule has 0 amide bonds. The number of nitrogens with zero attached hydrogens (tertiary/aromatic N) is 9. The number of pyridine rings is 5. The van der Waals surface area contributed by atoms with Gasteiger partial charge in [-0.15, -0.1) is 0 Å². The predicted molar refractivity (Wildman–Crippen MR) is 190 cm³/mol. The quantitative estimate of drug-likeness (QED) is 0.181. The van der Waals surface area contributed by atoms with Crippen LogP contribution in [0.1, 0.15) is 0 Å². The third-order valence-electron chi connectivity index (χ3n) is 8.36. The lowest BCUT2D eigenvalue weighted by Gasteiger charge is -2.09. The van der Waals surface area contributed by atoms with Crippen LogP contribution in [0.4, 0.5) is 0 Å². The SMILES string of the molecule is c1cncc(-c2ccc(-c3nc(-c4cccc(-c5cc6ccc7ccccc7n6n5)c4)nc(-c4ccc(-c5cccnc5)cn4)n3)nc2)c1. The lowest BCUT2D eigenvalue weighted by molar-refractivity contribution is 1.01. The highest BCUT2D eigenvalue weighted by atomic mass is 15.2. The van der Waals surface area contributed by atoms with Gasteiger partial charge in [0.05, 0.1) is 16.7 Å². The van der Waals surface area contributed by atoms with Crippen molar-refractivity contribution < 1.29 is 0 Å². The molecule has 49 heavy (non-hydrogen) atoms. The summed E-state index contributed by atoms with van der Waals surface area (Å²) in [7, 11) is 0. The van der Waals surface area contributed by atoms with E-state index in [-0.39, 0.29) is 0 Å². The Morgan fingerprint density at radius 2 is 1.02 bits per heavy atom. The molecule has 0 bridgehead atoms. The standard InChI is InChI=1S/C40H25N9/c1-2-11-37-26(6-1)12-15-33-21-36(48-49(33)37)27-7-3-8-28(20-27)38-45-39(34-16-13-31(24-43-34)29-9-4-18-41-22-29)47-40(46-38)35-17-14-32(25-44-35)30-10-5-19-42-23-30/h1-25H. The monoisotopic (exact) mass is 631 g/mol. The molecular weight excluding hydrogens is 607 g/mol. The van der Waals surface area contributed by atoms with E-state index >= 15 is 0 Å². The summed E-state index contributed by atoms with van der Waals surface area (Å²) in [6, 6.07) is 38.3. The first kappa shape index (κ1) is 28.2. The predicted octanol–water partition coefficient (Wildman–Crippen LogP) is 8.25. The van der Waals surface area contributed by atoms with Crippen LogP contribution < -0.4 is 0 Å². The van der Waals surface area contributed by atoms with Crippen LogP contribution in [-0.2, 0) is 0 Å². The molecule has 230 valence electrons. The molecular formula is C40H25N9. The number of hydrogen-bond acceptors (Lipinski definition) is 8. The van der Waals surface area contributed by atoms with Gasteiger partial charge in [-0.3, -0.25) is 19.9 Å². The van der Waals surface area contributed by atoms with Crippen LogP contribution >= 0.6 is 0 Å². The number of aromatic nitrogens is 9. The smallest absolute Gasteiger partial charge is 0.182 e. The second-order valence-corrected chi connectivity index (χ2v) is 11.5. The van der Waals surface area contributed by atoms with E-state index in [1.807, 2.05) is 108 Å². The number of para-hydroxylation sites is 1. The molecule has 0 aliphatic heterocycles. The van der Waals surface area contributed by atoms with E-state index < -0.39 is 0 Å². The molecule has 0 saturated carbocycles. The van der Waals surface area contributed by atoms with Gasteiger partial charge in [0.1, 0.15) is 11.4 Å². The van der Waals surface area contributed by atoms with Gasteiger partial charge in [0.2, 0.25) is 0 Å². The summed E-state index contributed by atoms with van der Waals surface area (Å²) in [4.78, 5) is 32.7. The van der Waals surface area contributed by atoms with Gasteiger partial charge < -0.3 is 0 Å². The van der Waals surface area contributed by atoms with E-state index in [0.29, 0.717) is 28.9 Å². The van der Waals surface area contributed by atoms with Gasteiger partial charge in [0, 0.05) is 75.9 Å². The lowest BCUT2D eigenvalue weighted by Crippen LogP contribution is -2.02. The first-order valence-corrected chi connectivity index (χ1v) is 15.7. The van der Waals surface area contributed by atoms with E-state index in [9.17, 15) is 0 Å². The fourth-order valence-corrected chi connectivity index (χ4v) is 5.86. The minimum Gasteiger partial charge on any atom is -0.264 e. The van der Waals surface area contributed by atoms with Crippen LogP contribution in [-0.4, -0.2) is 44.5 Å². The Balaban J connectivity index is 1.14. The summed E-state index contributed by atoms with van der Waals surface area (Å²) in [6.07, 6.45) is 10.8. The van der Waals surface area contributed by atoms with E-state index in [0.717, 1.165) is 55.5 Å². The Hall–Kier alpha value is -7.00. The zero-order valence-electron chi connectivity index (χ0n) is 26.0. The van der Waals surface area contributed by atoms with Gasteiger partial charge in [-0.1, -0.05) is 66.7 Å². The van der Waals surface area contributed by atoms with E-state index in [1.54, 1.807) is 12.4 Å². The van der Waals surface area contributed by atoms with Crippen LogP contribution in [0.25, 0.3) is 84.4 Å². The molecule has 0 fully saturated rings. The van der Waals surface area contributed by atoms with E-state index in [1.165, 1.54) is 0 Å². The first-order chi connectivity index (χ1) is 24.2. The van der Waals surface area contributed by atoms with Gasteiger partial charge in [-0.2, -0.15) is 5.10 Å². The van der Waals surface area contributed by atoms with Gasteiger partial charge in [0.15, 0.2) is 17.5 Å². The maximum atomic E-state index is 4.98. The van der Waals surface area contributed by atoms with Crippen molar-refractivity contribution >= 4 is 16.4 Å². The fourth-order valence-electron chi connectivity index (χ4n) is 5.86. The molecule has 0 spiro atoms. The van der Waals surface area contributed by atoms with Crippen LogP contribution in [0.15, 0.2) is 152 Å². The molecule has 9 heteroatoms. The molecule has 7 heterocycles. The Labute approximate surface area is 280 Å². The average molecular weight is 632 g/mol. The van der Waals surface area contributed by atoms with Crippen molar-refractivity contribution in [2.45, 2.75) is 0 Å². The molecule has 0 saturated heterocycles. The third kappa shape index (κ3) is 5.45. The zero-order valence-corrected chi connectivity index (χ0v) is 26.0. The molecule has 0 unspecified atom stereocenters. The summed E-state index contributed by atoms with van der Waals surface area (Å²) in [5.41, 5.74) is 9.80. The van der Waals surface area contributed by atoms with Crippen LogP contribution in [0.3, 0.4) is 0 Å². The minimum absolute atomic E-state index is 0.445. The normalized spacial score (nSPS) is 11.3. The molecule has 7 aromatic heterocycles. The van der Waals surface area contributed by atoms with Crippen LogP contribution in [0.2, 0.25) is 0 Å². The van der Waals surface area contributed by atoms with Crippen LogP contribution in [0.5, 0.6) is 0 Å². The Bertz CT molecular complexity index is 2480. The number of hydrogen-bond donors (Lipinski definition) is 0. The third-order valence-corrected chi connectivity index (χ3v) is 8.36. The highest BCUT2D eigenvalue weighted by molar-refractivity contribution is 5.84. The second kappa shape index (κ2) is 12.0. The van der Waals surface area contributed by atoms with Crippen molar-refractivity contribution in [2.75, 3.05) is 0 Å². The summed E-state index contributed by atoms with van der Waals surface area (Å²) >= 11 is 0. The minimum atomic E-state index is 0.445. The molecule has 0 atom stereocenters. The fraction of sp³-hybridized carbons (Fsp3) is 0. The molecule has 9 aromatic rings. The van der Waals surface area contributed by atoms with Gasteiger partial charge in [-0.25, -0.2) is 19.5 Å². The number of fused-ring (bicyclic) bond motifs is 3. The van der Waals surface area contributed by atoms with E-state index in [4.69, 9.17) is 30.0 Å². The maximum Gasteiger partial charge on any atom is 0.182 e. The Morgan fingerprint density at radius 3 is 1.65 bits per heavy atom. The molecule has 2 aromatic carbocycles. The summed E-state index contributed by atoms with van der Waals surface area (Å²) in [5, 5.41) is 6.11. The van der Waals surface area contributed by atoms with Crippen molar-refractivity contribution in [3.63, 3.8) is 0 Å². The van der Waals surface area contributed by atoms with Crippen molar-refractivity contribution in [1.82, 2.24) is 44.5 Å². The summed E-state index contributed by atoms with van der Waals surface area (Å²) in [6.45, 7) is 0. The van der Waals surface area contributed by atoms with Gasteiger partial charge in [0.25, 0.3) is 0 Å². The molecule has 9 rings (SSSR count). The number of rotatable bonds is 6. The Kier molecular flexibility index (Phi) is 6.90. The molecule has 9 nitrogen and oxygen atoms in total. The largest absolute Gasteiger partial charge is 0.264 e. The highest BCUT2D eigenvalue weighted by Crippen LogP contribution is 2.29. The summed E-state index contributed by atoms with van der Waals surface area (Å²) < 4.78 is 1.98. The number of benzene rings is 2. The average Bonchev–Trinajstić information content (AvgIpc) is 3.64. The van der Waals surface area contributed by atoms with Crippen molar-refractivity contribution in [2.24, 2.45) is 0 Å². The molecule has 0 N–H and O–H groups in total. The Morgan fingerprint density at radius 1 is 0.408 bits per heavy atom. The van der Waals surface area contributed by atoms with Crippen molar-refractivity contribution in [1.29, 1.82) is 0 Å². The molecule has 0 radical (unpaired) electrons. The van der Waals surface area contributed by atoms with Crippen LogP contribution in [0, 0.1) is 0 Å². The lowest BCUT2D eigenvalue weighted by atomic mass is 10.1. The van der Waals surface area contributed by atoms with Gasteiger partial charge in [-0.05, 0) is 48.5 Å². The second-order valence-electron chi connectivity index (χ2n) is 11.5. The van der Waals surface area contributed by atoms with Crippen molar-refractivity contribution in [3.8, 4) is 67.9 Å². The topological polar surface area (TPSA) is 108 Å². The zero-order chi connectivity index (χ0) is 32.6. The van der Waals surface area contributed by atoms with Gasteiger partial charge >= 0.3 is 0 Å². The molecule has 0 aliphatic carbocycles. The van der Waals surface area contributed by atoms with E-state index in [2.05, 4.69) is 46.4 Å². The highest BCUT2D eigenvalue weighted by Gasteiger charge is 2.16. The maximum absolute atomic E-state index is 4.98. The van der Waals surface area contributed by atoms with Crippen molar-refractivity contribution in [3.05, 3.63) is 152 Å².